The number of fused-ring (bicyclic) bond motifs is 1. The normalized spacial score (nSPS) is 18.3. The second-order valence-corrected chi connectivity index (χ2v) is 8.38. The molecule has 32 heavy (non-hydrogen) atoms. The number of benzene rings is 2. The second kappa shape index (κ2) is 8.23. The molecule has 0 N–H and O–H groups in total. The van der Waals surface area contributed by atoms with Crippen molar-refractivity contribution in [2.24, 2.45) is 0 Å². The van der Waals surface area contributed by atoms with Gasteiger partial charge in [-0.1, -0.05) is 6.07 Å². The minimum absolute atomic E-state index is 0.0408. The predicted molar refractivity (Wildman–Crippen MR) is 117 cm³/mol. The summed E-state index contributed by atoms with van der Waals surface area (Å²) in [5.41, 5.74) is 7.54. The fourth-order valence-corrected chi connectivity index (χ4v) is 4.51. The van der Waals surface area contributed by atoms with Gasteiger partial charge in [0, 0.05) is 37.0 Å². The molecule has 1 aromatic heterocycles. The molecule has 1 fully saturated rings. The fraction of sp³-hybridized carbons (Fsp3) is 0.320. The highest BCUT2D eigenvalue weighted by Crippen LogP contribution is 2.32. The molecule has 7 heteroatoms. The maximum Gasteiger partial charge on any atom is 0.338 e. The van der Waals surface area contributed by atoms with E-state index in [2.05, 4.69) is 16.1 Å². The molecule has 5 rings (SSSR count). The van der Waals surface area contributed by atoms with Gasteiger partial charge in [0.25, 0.3) is 0 Å². The van der Waals surface area contributed by atoms with E-state index in [1.54, 1.807) is 0 Å². The first-order chi connectivity index (χ1) is 15.5. The SMILES string of the molecule is Cc1cc(-n2cc(CN3CCOC(c4ccc5c(c4C)COC5=O)C3)cn2)ccc1C#N. The molecule has 2 aromatic carbocycles. The molecule has 2 aliphatic rings. The number of esters is 1. The number of hydrogen-bond acceptors (Lipinski definition) is 6. The Kier molecular flexibility index (Phi) is 5.25. The minimum Gasteiger partial charge on any atom is -0.457 e. The van der Waals surface area contributed by atoms with Crippen LogP contribution in [0.4, 0.5) is 0 Å². The Hall–Kier alpha value is -3.47. The van der Waals surface area contributed by atoms with Crippen LogP contribution in [0.25, 0.3) is 5.69 Å². The lowest BCUT2D eigenvalue weighted by atomic mass is 9.94. The summed E-state index contributed by atoms with van der Waals surface area (Å²) in [6.07, 6.45) is 3.89. The van der Waals surface area contributed by atoms with Crippen molar-refractivity contribution in [2.75, 3.05) is 19.7 Å². The standard InChI is InChI=1S/C25H24N4O3/c1-16-9-20(4-3-19(16)10-26)29-13-18(11-27-29)12-28-7-8-31-24(14-28)21-5-6-22-23(17(21)2)15-32-25(22)30/h3-6,9,11,13,24H,7-8,12,14-15H2,1-2H3. The molecule has 7 nitrogen and oxygen atoms in total. The van der Waals surface area contributed by atoms with Crippen LogP contribution in [0.2, 0.25) is 0 Å². The number of carbonyl (C=O) groups excluding carboxylic acids is 1. The van der Waals surface area contributed by atoms with Gasteiger partial charge in [0.1, 0.15) is 6.61 Å². The number of rotatable bonds is 4. The molecule has 0 bridgehead atoms. The number of aromatic nitrogens is 2. The van der Waals surface area contributed by atoms with Gasteiger partial charge in [0.15, 0.2) is 0 Å². The van der Waals surface area contributed by atoms with Crippen molar-refractivity contribution in [3.8, 4) is 11.8 Å². The molecular weight excluding hydrogens is 404 g/mol. The highest BCUT2D eigenvalue weighted by Gasteiger charge is 2.29. The maximum absolute atomic E-state index is 11.8. The van der Waals surface area contributed by atoms with E-state index in [9.17, 15) is 4.79 Å². The average Bonchev–Trinajstić information content (AvgIpc) is 3.41. The lowest BCUT2D eigenvalue weighted by Gasteiger charge is -2.33. The molecule has 1 unspecified atom stereocenters. The van der Waals surface area contributed by atoms with E-state index in [0.717, 1.165) is 53.1 Å². The van der Waals surface area contributed by atoms with Crippen molar-refractivity contribution in [3.63, 3.8) is 0 Å². The number of ether oxygens (including phenoxy) is 2. The topological polar surface area (TPSA) is 80.4 Å². The molecular formula is C25H24N4O3. The molecule has 0 radical (unpaired) electrons. The van der Waals surface area contributed by atoms with Crippen molar-refractivity contribution in [3.05, 3.63) is 81.7 Å². The van der Waals surface area contributed by atoms with Crippen molar-refractivity contribution < 1.29 is 14.3 Å². The highest BCUT2D eigenvalue weighted by atomic mass is 16.5. The zero-order chi connectivity index (χ0) is 22.2. The number of morpholine rings is 1. The van der Waals surface area contributed by atoms with Crippen LogP contribution in [0, 0.1) is 25.2 Å². The summed E-state index contributed by atoms with van der Waals surface area (Å²) in [5, 5.41) is 13.7. The smallest absolute Gasteiger partial charge is 0.338 e. The summed E-state index contributed by atoms with van der Waals surface area (Å²) < 4.78 is 13.1. The molecule has 0 aliphatic carbocycles. The molecule has 162 valence electrons. The Bertz CT molecular complexity index is 1240. The molecule has 3 aromatic rings. The zero-order valence-corrected chi connectivity index (χ0v) is 18.2. The summed E-state index contributed by atoms with van der Waals surface area (Å²) in [6.45, 7) is 7.38. The van der Waals surface area contributed by atoms with Crippen LogP contribution in [0.1, 0.15) is 49.8 Å². The Morgan fingerprint density at radius 1 is 1.25 bits per heavy atom. The summed E-state index contributed by atoms with van der Waals surface area (Å²) in [5.74, 6) is -0.240. The van der Waals surface area contributed by atoms with Crippen molar-refractivity contribution in [1.29, 1.82) is 5.26 Å². The monoisotopic (exact) mass is 428 g/mol. The first kappa shape index (κ1) is 20.4. The number of nitriles is 1. The number of aryl methyl sites for hydroxylation is 1. The van der Waals surface area contributed by atoms with Crippen LogP contribution < -0.4 is 0 Å². The third kappa shape index (κ3) is 3.68. The van der Waals surface area contributed by atoms with Crippen molar-refractivity contribution >= 4 is 5.97 Å². The van der Waals surface area contributed by atoms with Crippen LogP contribution in [-0.4, -0.2) is 40.3 Å². The molecule has 0 saturated carbocycles. The van der Waals surface area contributed by atoms with Gasteiger partial charge in [-0.2, -0.15) is 10.4 Å². The van der Waals surface area contributed by atoms with E-state index in [1.165, 1.54) is 0 Å². The van der Waals surface area contributed by atoms with Gasteiger partial charge >= 0.3 is 5.97 Å². The first-order valence-electron chi connectivity index (χ1n) is 10.7. The van der Waals surface area contributed by atoms with Crippen LogP contribution in [0.5, 0.6) is 0 Å². The van der Waals surface area contributed by atoms with Crippen LogP contribution >= 0.6 is 0 Å². The van der Waals surface area contributed by atoms with E-state index in [1.807, 2.05) is 61.3 Å². The summed E-state index contributed by atoms with van der Waals surface area (Å²) in [6, 6.07) is 11.8. The third-order valence-corrected chi connectivity index (χ3v) is 6.34. The number of carbonyl (C=O) groups is 1. The molecule has 1 saturated heterocycles. The van der Waals surface area contributed by atoms with Crippen molar-refractivity contribution in [1.82, 2.24) is 14.7 Å². The quantitative estimate of drug-likeness (QED) is 0.591. The number of hydrogen-bond donors (Lipinski definition) is 0. The van der Waals surface area contributed by atoms with E-state index < -0.39 is 0 Å². The van der Waals surface area contributed by atoms with Gasteiger partial charge in [0.05, 0.1) is 41.8 Å². The van der Waals surface area contributed by atoms with Gasteiger partial charge in [-0.15, -0.1) is 0 Å². The van der Waals surface area contributed by atoms with Crippen LogP contribution in [-0.2, 0) is 22.6 Å². The lowest BCUT2D eigenvalue weighted by Crippen LogP contribution is -2.38. The van der Waals surface area contributed by atoms with E-state index in [-0.39, 0.29) is 12.1 Å². The predicted octanol–water partition coefficient (Wildman–Crippen LogP) is 3.60. The lowest BCUT2D eigenvalue weighted by molar-refractivity contribution is -0.0332. The molecule has 2 aliphatic heterocycles. The van der Waals surface area contributed by atoms with Gasteiger partial charge in [0.2, 0.25) is 0 Å². The summed E-state index contributed by atoms with van der Waals surface area (Å²) >= 11 is 0. The maximum atomic E-state index is 11.8. The Labute approximate surface area is 186 Å². The molecule has 0 amide bonds. The first-order valence-corrected chi connectivity index (χ1v) is 10.7. The molecule has 0 spiro atoms. The Morgan fingerprint density at radius 2 is 2.12 bits per heavy atom. The van der Waals surface area contributed by atoms with Crippen LogP contribution in [0.15, 0.2) is 42.7 Å². The number of cyclic esters (lactones) is 1. The number of nitrogens with zero attached hydrogens (tertiary/aromatic N) is 4. The largest absolute Gasteiger partial charge is 0.457 e. The Balaban J connectivity index is 1.30. The van der Waals surface area contributed by atoms with Gasteiger partial charge in [-0.3, -0.25) is 4.90 Å². The fourth-order valence-electron chi connectivity index (χ4n) is 4.51. The Morgan fingerprint density at radius 3 is 2.94 bits per heavy atom. The second-order valence-electron chi connectivity index (χ2n) is 8.38. The highest BCUT2D eigenvalue weighted by molar-refractivity contribution is 5.93. The molecule has 3 heterocycles. The van der Waals surface area contributed by atoms with Gasteiger partial charge in [-0.25, -0.2) is 9.48 Å². The van der Waals surface area contributed by atoms with Gasteiger partial charge in [-0.05, 0) is 54.8 Å². The van der Waals surface area contributed by atoms with E-state index >= 15 is 0 Å². The third-order valence-electron chi connectivity index (χ3n) is 6.34. The van der Waals surface area contributed by atoms with E-state index in [4.69, 9.17) is 14.7 Å². The minimum atomic E-state index is -0.240. The molecule has 1 atom stereocenters. The van der Waals surface area contributed by atoms with E-state index in [0.29, 0.717) is 24.3 Å². The summed E-state index contributed by atoms with van der Waals surface area (Å²) in [4.78, 5) is 14.2. The van der Waals surface area contributed by atoms with Crippen LogP contribution in [0.3, 0.4) is 0 Å². The average molecular weight is 428 g/mol. The van der Waals surface area contributed by atoms with Gasteiger partial charge < -0.3 is 9.47 Å². The van der Waals surface area contributed by atoms with Crippen molar-refractivity contribution in [2.45, 2.75) is 33.1 Å². The summed E-state index contributed by atoms with van der Waals surface area (Å²) in [7, 11) is 0. The zero-order valence-electron chi connectivity index (χ0n) is 18.2.